The molecule has 1 aromatic heterocycles. The van der Waals surface area contributed by atoms with E-state index < -0.39 is 39.2 Å². The number of hydrogen-bond donors (Lipinski definition) is 1. The summed E-state index contributed by atoms with van der Waals surface area (Å²) < 4.78 is 75.7. The lowest BCUT2D eigenvalue weighted by Crippen LogP contribution is -2.22. The molecule has 0 saturated heterocycles. The van der Waals surface area contributed by atoms with E-state index in [4.69, 9.17) is 5.11 Å². The van der Waals surface area contributed by atoms with E-state index in [9.17, 15) is 31.1 Å². The topological polar surface area (TPSA) is 59.4 Å². The molecule has 106 valence electrons. The first-order chi connectivity index (χ1) is 8.42. The second-order valence-corrected chi connectivity index (χ2v) is 4.18. The highest BCUT2D eigenvalue weighted by Gasteiger charge is 2.39. The van der Waals surface area contributed by atoms with Crippen molar-refractivity contribution >= 4 is 28.6 Å². The number of alkyl halides is 6. The predicted molar refractivity (Wildman–Crippen MR) is 55.6 cm³/mol. The van der Waals surface area contributed by atoms with Crippen LogP contribution in [-0.4, -0.2) is 22.4 Å². The van der Waals surface area contributed by atoms with Gasteiger partial charge < -0.3 is 9.84 Å². The van der Waals surface area contributed by atoms with Crippen molar-refractivity contribution in [2.24, 2.45) is 0 Å². The Bertz CT molecular complexity index is 512. The molecule has 1 aromatic rings. The molecule has 1 rings (SSSR count). The fourth-order valence-electron chi connectivity index (χ4n) is 1.01. The lowest BCUT2D eigenvalue weighted by Gasteiger charge is -2.14. The molecule has 19 heavy (non-hydrogen) atoms. The lowest BCUT2D eigenvalue weighted by atomic mass is 10.2. The van der Waals surface area contributed by atoms with Crippen LogP contribution in [0, 0.1) is 3.57 Å². The Morgan fingerprint density at radius 2 is 1.79 bits per heavy atom. The number of halogens is 7. The molecule has 1 heterocycles. The van der Waals surface area contributed by atoms with E-state index in [0.717, 1.165) is 22.6 Å². The third kappa shape index (κ3) is 4.11. The molecule has 0 amide bonds. The summed E-state index contributed by atoms with van der Waals surface area (Å²) in [5.74, 6) is -3.54. The average molecular weight is 401 g/mol. The number of carboxylic acids is 1. The van der Waals surface area contributed by atoms with E-state index in [1.165, 1.54) is 0 Å². The van der Waals surface area contributed by atoms with Gasteiger partial charge in [0.2, 0.25) is 5.88 Å². The quantitative estimate of drug-likeness (QED) is 0.611. The highest BCUT2D eigenvalue weighted by Crippen LogP contribution is 2.34. The lowest BCUT2D eigenvalue weighted by molar-refractivity contribution is -0.276. The Hall–Kier alpha value is -1.27. The van der Waals surface area contributed by atoms with Crippen molar-refractivity contribution < 1.29 is 41.0 Å². The molecule has 0 fully saturated rings. The van der Waals surface area contributed by atoms with Crippen molar-refractivity contribution in [3.8, 4) is 5.88 Å². The summed E-state index contributed by atoms with van der Waals surface area (Å²) in [6, 6.07) is 0.313. The predicted octanol–water partition coefficient (Wildman–Crippen LogP) is 3.30. The minimum atomic E-state index is -5.36. The van der Waals surface area contributed by atoms with Crippen LogP contribution in [0.5, 0.6) is 5.88 Å². The minimum absolute atomic E-state index is 0.313. The molecular weight excluding hydrogens is 399 g/mol. The van der Waals surface area contributed by atoms with Crippen molar-refractivity contribution in [2.75, 3.05) is 0 Å². The number of carboxylic acid groups (broad SMARTS) is 1. The molecule has 0 aromatic carbocycles. The fourth-order valence-corrected chi connectivity index (χ4v) is 1.77. The molecule has 0 atom stereocenters. The van der Waals surface area contributed by atoms with Gasteiger partial charge in [0, 0.05) is 3.57 Å². The molecule has 0 unspecified atom stereocenters. The number of ether oxygens (including phenoxy) is 1. The highest BCUT2D eigenvalue weighted by molar-refractivity contribution is 14.1. The third-order valence-electron chi connectivity index (χ3n) is 1.65. The number of aromatic nitrogens is 1. The van der Waals surface area contributed by atoms with Crippen LogP contribution in [0.25, 0.3) is 0 Å². The molecule has 4 nitrogen and oxygen atoms in total. The zero-order valence-corrected chi connectivity index (χ0v) is 10.6. The largest absolute Gasteiger partial charge is 0.574 e. The molecule has 1 N–H and O–H groups in total. The summed E-state index contributed by atoms with van der Waals surface area (Å²) in [6.07, 6.45) is -10.4. The smallest absolute Gasteiger partial charge is 0.477 e. The molecule has 11 heteroatoms. The van der Waals surface area contributed by atoms with Gasteiger partial charge in [-0.05, 0) is 28.7 Å². The minimum Gasteiger partial charge on any atom is -0.477 e. The maximum absolute atomic E-state index is 12.4. The van der Waals surface area contributed by atoms with Gasteiger partial charge in [0.15, 0.2) is 0 Å². The van der Waals surface area contributed by atoms with Gasteiger partial charge >= 0.3 is 18.5 Å². The Balaban J connectivity index is 3.46. The molecule has 0 bridgehead atoms. The van der Waals surface area contributed by atoms with Crippen LogP contribution in [0.1, 0.15) is 16.1 Å². The second kappa shape index (κ2) is 5.02. The Kier molecular flexibility index (Phi) is 4.17. The van der Waals surface area contributed by atoms with Crippen molar-refractivity contribution in [3.05, 3.63) is 20.9 Å². The number of pyridine rings is 1. The standard InChI is InChI=1S/C8H2F6INO3/c9-7(10,11)3-1-2(15)4(6(17)18)5(16-3)19-8(12,13)14/h1H,(H,17,18). The van der Waals surface area contributed by atoms with Gasteiger partial charge in [-0.25, -0.2) is 9.78 Å². The first-order valence-electron chi connectivity index (χ1n) is 4.18. The Morgan fingerprint density at radius 3 is 2.16 bits per heavy atom. The first-order valence-corrected chi connectivity index (χ1v) is 5.26. The van der Waals surface area contributed by atoms with Gasteiger partial charge in [0.1, 0.15) is 11.3 Å². The number of rotatable bonds is 2. The summed E-state index contributed by atoms with van der Waals surface area (Å²) in [6.45, 7) is 0. The van der Waals surface area contributed by atoms with Crippen LogP contribution >= 0.6 is 22.6 Å². The molecule has 0 aliphatic carbocycles. The van der Waals surface area contributed by atoms with Crippen LogP contribution < -0.4 is 4.74 Å². The van der Waals surface area contributed by atoms with E-state index in [-0.39, 0.29) is 0 Å². The number of nitrogens with zero attached hydrogens (tertiary/aromatic N) is 1. The molecular formula is C8H2F6INO3. The van der Waals surface area contributed by atoms with Gasteiger partial charge in [-0.1, -0.05) is 0 Å². The fraction of sp³-hybridized carbons (Fsp3) is 0.250. The third-order valence-corrected chi connectivity index (χ3v) is 2.51. The van der Waals surface area contributed by atoms with Crippen LogP contribution in [0.2, 0.25) is 0 Å². The van der Waals surface area contributed by atoms with Crippen molar-refractivity contribution in [1.82, 2.24) is 4.98 Å². The molecule has 0 spiro atoms. The van der Waals surface area contributed by atoms with Gasteiger partial charge in [-0.3, -0.25) is 0 Å². The van der Waals surface area contributed by atoms with Crippen LogP contribution in [0.3, 0.4) is 0 Å². The zero-order chi connectivity index (χ0) is 15.0. The van der Waals surface area contributed by atoms with Crippen molar-refractivity contribution in [2.45, 2.75) is 12.5 Å². The van der Waals surface area contributed by atoms with E-state index >= 15 is 0 Å². The van der Waals surface area contributed by atoms with Gasteiger partial charge in [0.05, 0.1) is 0 Å². The summed E-state index contributed by atoms with van der Waals surface area (Å²) >= 11 is 1.15. The molecule has 0 saturated carbocycles. The molecule has 0 aliphatic rings. The molecule has 0 radical (unpaired) electrons. The Morgan fingerprint density at radius 1 is 1.26 bits per heavy atom. The SMILES string of the molecule is O=C(O)c1c(I)cc(C(F)(F)F)nc1OC(F)(F)F. The summed E-state index contributed by atoms with van der Waals surface area (Å²) in [5, 5.41) is 8.66. The highest BCUT2D eigenvalue weighted by atomic mass is 127. The molecule has 0 aliphatic heterocycles. The van der Waals surface area contributed by atoms with E-state index in [1.54, 1.807) is 0 Å². The summed E-state index contributed by atoms with van der Waals surface area (Å²) in [5.41, 5.74) is -2.77. The van der Waals surface area contributed by atoms with Gasteiger partial charge in [-0.2, -0.15) is 13.2 Å². The maximum atomic E-state index is 12.4. The first kappa shape index (κ1) is 15.8. The summed E-state index contributed by atoms with van der Waals surface area (Å²) in [7, 11) is 0. The number of carbonyl (C=O) groups is 1. The number of aromatic carboxylic acids is 1. The van der Waals surface area contributed by atoms with Crippen LogP contribution in [0.15, 0.2) is 6.07 Å². The average Bonchev–Trinajstić information content (AvgIpc) is 2.11. The summed E-state index contributed by atoms with van der Waals surface area (Å²) in [4.78, 5) is 13.3. The van der Waals surface area contributed by atoms with Crippen molar-refractivity contribution in [3.63, 3.8) is 0 Å². The van der Waals surface area contributed by atoms with Crippen LogP contribution in [0.4, 0.5) is 26.3 Å². The maximum Gasteiger partial charge on any atom is 0.574 e. The van der Waals surface area contributed by atoms with E-state index in [0.29, 0.717) is 6.07 Å². The number of hydrogen-bond acceptors (Lipinski definition) is 3. The zero-order valence-electron chi connectivity index (χ0n) is 8.43. The monoisotopic (exact) mass is 401 g/mol. The van der Waals surface area contributed by atoms with E-state index in [1.807, 2.05) is 0 Å². The Labute approximate surface area is 114 Å². The normalized spacial score (nSPS) is 12.4. The van der Waals surface area contributed by atoms with Gasteiger partial charge in [0.25, 0.3) is 0 Å². The second-order valence-electron chi connectivity index (χ2n) is 3.02. The van der Waals surface area contributed by atoms with Crippen LogP contribution in [-0.2, 0) is 6.18 Å². The van der Waals surface area contributed by atoms with E-state index in [2.05, 4.69) is 9.72 Å². The van der Waals surface area contributed by atoms with Crippen molar-refractivity contribution in [1.29, 1.82) is 0 Å². The van der Waals surface area contributed by atoms with Gasteiger partial charge in [-0.15, -0.1) is 13.2 Å².